The number of hydrogen-bond donors (Lipinski definition) is 1. The Morgan fingerprint density at radius 2 is 2.33 bits per heavy atom. The molecule has 1 fully saturated rings. The Kier molecular flexibility index (Phi) is 4.49. The highest BCUT2D eigenvalue weighted by Crippen LogP contribution is 2.18. The molecular weight excluding hydrogens is 228 g/mol. The maximum atomic E-state index is 5.55. The predicted molar refractivity (Wildman–Crippen MR) is 72.0 cm³/mol. The molecule has 1 aliphatic heterocycles. The Morgan fingerprint density at radius 1 is 1.50 bits per heavy atom. The lowest BCUT2D eigenvalue weighted by atomic mass is 10.2. The summed E-state index contributed by atoms with van der Waals surface area (Å²) in [5.41, 5.74) is 1.03. The highest BCUT2D eigenvalue weighted by atomic mass is 16.5. The molecule has 0 spiro atoms. The molecule has 2 heterocycles. The number of ether oxygens (including phenoxy) is 1. The number of nitrogens with zero attached hydrogens (tertiary/aromatic N) is 3. The van der Waals surface area contributed by atoms with Gasteiger partial charge in [0.2, 0.25) is 0 Å². The van der Waals surface area contributed by atoms with Gasteiger partial charge in [0.15, 0.2) is 0 Å². The fraction of sp³-hybridized carbons (Fsp3) is 0.692. The average molecular weight is 250 g/mol. The van der Waals surface area contributed by atoms with Crippen LogP contribution in [0.25, 0.3) is 0 Å². The van der Waals surface area contributed by atoms with E-state index in [9.17, 15) is 0 Å². The molecule has 5 nitrogen and oxygen atoms in total. The number of nitrogens with one attached hydrogen (secondary N) is 1. The Bertz CT molecular complexity index is 395. The third-order valence-electron chi connectivity index (χ3n) is 3.16. The minimum Gasteiger partial charge on any atom is -0.377 e. The zero-order valence-corrected chi connectivity index (χ0v) is 11.4. The lowest BCUT2D eigenvalue weighted by Gasteiger charge is -2.36. The van der Waals surface area contributed by atoms with Crippen LogP contribution in [-0.2, 0) is 11.2 Å². The van der Waals surface area contributed by atoms with E-state index in [1.165, 1.54) is 0 Å². The van der Waals surface area contributed by atoms with Gasteiger partial charge in [-0.3, -0.25) is 0 Å². The molecule has 0 bridgehead atoms. The summed E-state index contributed by atoms with van der Waals surface area (Å²) in [4.78, 5) is 11.4. The van der Waals surface area contributed by atoms with Gasteiger partial charge in [0, 0.05) is 31.3 Å². The van der Waals surface area contributed by atoms with Gasteiger partial charge >= 0.3 is 0 Å². The molecule has 0 saturated carbocycles. The molecule has 1 N–H and O–H groups in total. The summed E-state index contributed by atoms with van der Waals surface area (Å²) >= 11 is 0. The van der Waals surface area contributed by atoms with Crippen LogP contribution in [0.5, 0.6) is 0 Å². The molecule has 0 aromatic carbocycles. The van der Waals surface area contributed by atoms with Crippen molar-refractivity contribution in [3.8, 4) is 0 Å². The molecular formula is C13H22N4O. The zero-order chi connectivity index (χ0) is 13.0. The summed E-state index contributed by atoms with van der Waals surface area (Å²) in [5.74, 6) is 1.95. The van der Waals surface area contributed by atoms with Crippen LogP contribution in [0.2, 0.25) is 0 Å². The largest absolute Gasteiger partial charge is 0.377 e. The molecule has 18 heavy (non-hydrogen) atoms. The SMILES string of the molecule is CCc1nc(C)cc(N2CCOCC2CNC)n1. The van der Waals surface area contributed by atoms with Crippen molar-refractivity contribution in [2.75, 3.05) is 38.3 Å². The molecule has 1 atom stereocenters. The highest BCUT2D eigenvalue weighted by Gasteiger charge is 2.24. The molecule has 1 aliphatic rings. The summed E-state index contributed by atoms with van der Waals surface area (Å²) in [5, 5.41) is 3.22. The second-order valence-electron chi connectivity index (χ2n) is 4.62. The maximum absolute atomic E-state index is 5.55. The van der Waals surface area contributed by atoms with Gasteiger partial charge < -0.3 is 15.0 Å². The van der Waals surface area contributed by atoms with Crippen LogP contribution in [0.1, 0.15) is 18.4 Å². The summed E-state index contributed by atoms with van der Waals surface area (Å²) in [6.45, 7) is 7.44. The normalized spacial score (nSPS) is 20.2. The van der Waals surface area contributed by atoms with E-state index < -0.39 is 0 Å². The zero-order valence-electron chi connectivity index (χ0n) is 11.4. The number of morpholine rings is 1. The van der Waals surface area contributed by atoms with Gasteiger partial charge in [-0.1, -0.05) is 6.92 Å². The number of rotatable bonds is 4. The smallest absolute Gasteiger partial charge is 0.132 e. The minimum atomic E-state index is 0.350. The van der Waals surface area contributed by atoms with E-state index in [0.29, 0.717) is 6.04 Å². The first-order valence-corrected chi connectivity index (χ1v) is 6.58. The highest BCUT2D eigenvalue weighted by molar-refractivity contribution is 5.41. The average Bonchev–Trinajstić information content (AvgIpc) is 2.39. The van der Waals surface area contributed by atoms with E-state index in [1.807, 2.05) is 14.0 Å². The van der Waals surface area contributed by atoms with Crippen molar-refractivity contribution in [2.24, 2.45) is 0 Å². The molecule has 1 unspecified atom stereocenters. The van der Waals surface area contributed by atoms with Crippen molar-refractivity contribution in [1.82, 2.24) is 15.3 Å². The Balaban J connectivity index is 2.24. The second kappa shape index (κ2) is 6.11. The van der Waals surface area contributed by atoms with E-state index >= 15 is 0 Å². The number of likely N-dealkylation sites (N-methyl/N-ethyl adjacent to an activating group) is 1. The first-order valence-electron chi connectivity index (χ1n) is 6.58. The number of hydrogen-bond acceptors (Lipinski definition) is 5. The van der Waals surface area contributed by atoms with Crippen LogP contribution < -0.4 is 10.2 Å². The lowest BCUT2D eigenvalue weighted by molar-refractivity contribution is 0.0939. The van der Waals surface area contributed by atoms with Crippen molar-refractivity contribution in [1.29, 1.82) is 0 Å². The predicted octanol–water partition coefficient (Wildman–Crippen LogP) is 0.772. The molecule has 2 rings (SSSR count). The maximum Gasteiger partial charge on any atom is 0.132 e. The molecule has 0 radical (unpaired) electrons. The molecule has 1 aromatic rings. The van der Waals surface area contributed by atoms with Gasteiger partial charge in [-0.2, -0.15) is 0 Å². The fourth-order valence-electron chi connectivity index (χ4n) is 2.28. The van der Waals surface area contributed by atoms with Crippen molar-refractivity contribution in [3.05, 3.63) is 17.6 Å². The van der Waals surface area contributed by atoms with Gasteiger partial charge in [-0.25, -0.2) is 9.97 Å². The molecule has 1 saturated heterocycles. The topological polar surface area (TPSA) is 50.3 Å². The third-order valence-corrected chi connectivity index (χ3v) is 3.16. The summed E-state index contributed by atoms with van der Waals surface area (Å²) in [7, 11) is 1.97. The number of anilines is 1. The van der Waals surface area contributed by atoms with Crippen molar-refractivity contribution in [2.45, 2.75) is 26.3 Å². The van der Waals surface area contributed by atoms with E-state index in [0.717, 1.165) is 50.1 Å². The lowest BCUT2D eigenvalue weighted by Crippen LogP contribution is -2.50. The van der Waals surface area contributed by atoms with Crippen LogP contribution in [0.4, 0.5) is 5.82 Å². The van der Waals surface area contributed by atoms with Gasteiger partial charge in [0.1, 0.15) is 11.6 Å². The van der Waals surface area contributed by atoms with Crippen LogP contribution in [0, 0.1) is 6.92 Å². The minimum absolute atomic E-state index is 0.350. The van der Waals surface area contributed by atoms with Crippen LogP contribution in [0.3, 0.4) is 0 Å². The van der Waals surface area contributed by atoms with Gasteiger partial charge in [0.05, 0.1) is 19.3 Å². The van der Waals surface area contributed by atoms with Gasteiger partial charge in [-0.15, -0.1) is 0 Å². The quantitative estimate of drug-likeness (QED) is 0.855. The summed E-state index contributed by atoms with van der Waals surface area (Å²) in [6.07, 6.45) is 0.871. The summed E-state index contributed by atoms with van der Waals surface area (Å²) in [6, 6.07) is 2.41. The van der Waals surface area contributed by atoms with Gasteiger partial charge in [0.25, 0.3) is 0 Å². The number of aromatic nitrogens is 2. The fourth-order valence-corrected chi connectivity index (χ4v) is 2.28. The van der Waals surface area contributed by atoms with E-state index in [-0.39, 0.29) is 0 Å². The van der Waals surface area contributed by atoms with Crippen molar-refractivity contribution in [3.63, 3.8) is 0 Å². The van der Waals surface area contributed by atoms with Crippen molar-refractivity contribution < 1.29 is 4.74 Å². The van der Waals surface area contributed by atoms with E-state index in [1.54, 1.807) is 0 Å². The van der Waals surface area contributed by atoms with Gasteiger partial charge in [-0.05, 0) is 14.0 Å². The van der Waals surface area contributed by atoms with Crippen molar-refractivity contribution >= 4 is 5.82 Å². The molecule has 5 heteroatoms. The van der Waals surface area contributed by atoms with E-state index in [4.69, 9.17) is 4.74 Å². The Morgan fingerprint density at radius 3 is 3.06 bits per heavy atom. The molecule has 1 aromatic heterocycles. The first-order chi connectivity index (χ1) is 8.74. The monoisotopic (exact) mass is 250 g/mol. The Hall–Kier alpha value is -1.20. The molecule has 0 amide bonds. The first kappa shape index (κ1) is 13.2. The second-order valence-corrected chi connectivity index (χ2v) is 4.62. The van der Waals surface area contributed by atoms with Crippen LogP contribution >= 0.6 is 0 Å². The Labute approximate surface area is 109 Å². The van der Waals surface area contributed by atoms with E-state index in [2.05, 4.69) is 33.2 Å². The number of aryl methyl sites for hydroxylation is 2. The van der Waals surface area contributed by atoms with Crippen LogP contribution in [-0.4, -0.2) is 49.4 Å². The third kappa shape index (κ3) is 2.97. The molecule has 100 valence electrons. The standard InChI is InChI=1S/C13H22N4O/c1-4-12-15-10(2)7-13(16-12)17-5-6-18-9-11(17)8-14-3/h7,11,14H,4-6,8-9H2,1-3H3. The molecule has 0 aliphatic carbocycles. The summed E-state index contributed by atoms with van der Waals surface area (Å²) < 4.78 is 5.55. The van der Waals surface area contributed by atoms with Crippen LogP contribution in [0.15, 0.2) is 6.07 Å².